The van der Waals surface area contributed by atoms with Gasteiger partial charge in [0.15, 0.2) is 0 Å². The summed E-state index contributed by atoms with van der Waals surface area (Å²) in [5.74, 6) is 0.193. The molecule has 0 bridgehead atoms. The van der Waals surface area contributed by atoms with E-state index in [1.165, 1.54) is 17.0 Å². The molecule has 1 aliphatic rings. The number of pyridine rings is 1. The zero-order valence-corrected chi connectivity index (χ0v) is 15.9. The van der Waals surface area contributed by atoms with Crippen molar-refractivity contribution in [2.45, 2.75) is 18.9 Å². The number of hydrogen-bond acceptors (Lipinski definition) is 4. The minimum Gasteiger partial charge on any atom is -0.446 e. The maximum absolute atomic E-state index is 13.0. The van der Waals surface area contributed by atoms with Crippen molar-refractivity contribution in [1.29, 1.82) is 0 Å². The highest BCUT2D eigenvalue weighted by molar-refractivity contribution is 5.87. The highest BCUT2D eigenvalue weighted by Crippen LogP contribution is 2.24. The van der Waals surface area contributed by atoms with Crippen molar-refractivity contribution in [2.75, 3.05) is 18.1 Å². The van der Waals surface area contributed by atoms with E-state index in [2.05, 4.69) is 4.98 Å². The van der Waals surface area contributed by atoms with Gasteiger partial charge < -0.3 is 9.84 Å². The van der Waals surface area contributed by atoms with Crippen LogP contribution >= 0.6 is 0 Å². The van der Waals surface area contributed by atoms with Gasteiger partial charge in [-0.25, -0.2) is 14.2 Å². The van der Waals surface area contributed by atoms with E-state index in [0.29, 0.717) is 30.9 Å². The predicted octanol–water partition coefficient (Wildman–Crippen LogP) is 4.67. The molecule has 2 aromatic carbocycles. The SMILES string of the molecule is O=C1OC(CCO)CCN1c1cccc(-c2ccc(F)cc2)n1.c1ccccc1. The van der Waals surface area contributed by atoms with Gasteiger partial charge >= 0.3 is 6.09 Å². The van der Waals surface area contributed by atoms with Crippen LogP contribution in [0.4, 0.5) is 15.0 Å². The number of carbonyl (C=O) groups is 1. The van der Waals surface area contributed by atoms with Crippen LogP contribution in [0.5, 0.6) is 0 Å². The molecule has 4 rings (SSSR count). The fourth-order valence-corrected chi connectivity index (χ4v) is 2.92. The molecule has 1 unspecified atom stereocenters. The van der Waals surface area contributed by atoms with E-state index in [1.807, 2.05) is 36.4 Å². The molecule has 1 N–H and O–H groups in total. The number of aromatic nitrogens is 1. The van der Waals surface area contributed by atoms with Crippen LogP contribution in [0.2, 0.25) is 0 Å². The smallest absolute Gasteiger partial charge is 0.415 e. The molecule has 5 nitrogen and oxygen atoms in total. The molecule has 3 aromatic rings. The monoisotopic (exact) mass is 394 g/mol. The first-order valence-corrected chi connectivity index (χ1v) is 9.49. The number of ether oxygens (including phenoxy) is 1. The summed E-state index contributed by atoms with van der Waals surface area (Å²) in [7, 11) is 0. The van der Waals surface area contributed by atoms with Crippen molar-refractivity contribution < 1.29 is 19.0 Å². The number of aliphatic hydroxyl groups is 1. The molecule has 0 spiro atoms. The van der Waals surface area contributed by atoms with Crippen LogP contribution in [0.25, 0.3) is 11.3 Å². The average molecular weight is 394 g/mol. The van der Waals surface area contributed by atoms with Crippen LogP contribution < -0.4 is 4.90 Å². The number of anilines is 1. The Morgan fingerprint density at radius 2 is 1.66 bits per heavy atom. The lowest BCUT2D eigenvalue weighted by Crippen LogP contribution is -2.42. The first-order chi connectivity index (χ1) is 14.2. The van der Waals surface area contributed by atoms with E-state index in [-0.39, 0.29) is 18.5 Å². The molecule has 6 heteroatoms. The molecule has 29 heavy (non-hydrogen) atoms. The Balaban J connectivity index is 0.000000343. The summed E-state index contributed by atoms with van der Waals surface area (Å²) in [6.07, 6.45) is 0.389. The number of hydrogen-bond donors (Lipinski definition) is 1. The van der Waals surface area contributed by atoms with Gasteiger partial charge in [0.25, 0.3) is 0 Å². The van der Waals surface area contributed by atoms with Gasteiger partial charge in [-0.1, -0.05) is 42.5 Å². The van der Waals surface area contributed by atoms with Crippen LogP contribution in [0.3, 0.4) is 0 Å². The summed E-state index contributed by atoms with van der Waals surface area (Å²) in [5.41, 5.74) is 1.43. The molecule has 1 aromatic heterocycles. The molecule has 1 saturated heterocycles. The minimum atomic E-state index is -0.460. The van der Waals surface area contributed by atoms with Gasteiger partial charge in [-0.2, -0.15) is 0 Å². The second-order valence-corrected chi connectivity index (χ2v) is 6.50. The van der Waals surface area contributed by atoms with Gasteiger partial charge in [0.1, 0.15) is 17.7 Å². The number of carbonyl (C=O) groups excluding carboxylic acids is 1. The van der Waals surface area contributed by atoms with E-state index in [4.69, 9.17) is 9.84 Å². The van der Waals surface area contributed by atoms with Crippen LogP contribution in [0, 0.1) is 5.82 Å². The Morgan fingerprint density at radius 1 is 1.00 bits per heavy atom. The van der Waals surface area contributed by atoms with E-state index < -0.39 is 6.09 Å². The molecule has 0 saturated carbocycles. The van der Waals surface area contributed by atoms with E-state index >= 15 is 0 Å². The number of aliphatic hydroxyl groups excluding tert-OH is 1. The van der Waals surface area contributed by atoms with Gasteiger partial charge in [-0.3, -0.25) is 4.90 Å². The van der Waals surface area contributed by atoms with Crippen molar-refractivity contribution in [1.82, 2.24) is 4.98 Å². The van der Waals surface area contributed by atoms with E-state index in [9.17, 15) is 9.18 Å². The summed E-state index contributed by atoms with van der Waals surface area (Å²) in [6.45, 7) is 0.486. The number of halogens is 1. The van der Waals surface area contributed by atoms with Crippen LogP contribution in [-0.4, -0.2) is 35.4 Å². The molecule has 1 aliphatic heterocycles. The first kappa shape index (κ1) is 20.5. The maximum Gasteiger partial charge on any atom is 0.415 e. The molecule has 1 atom stereocenters. The quantitative estimate of drug-likeness (QED) is 0.698. The highest BCUT2D eigenvalue weighted by Gasteiger charge is 2.28. The molecule has 0 radical (unpaired) electrons. The number of amides is 1. The third-order valence-corrected chi connectivity index (χ3v) is 4.43. The lowest BCUT2D eigenvalue weighted by molar-refractivity contribution is 0.0674. The standard InChI is InChI=1S/C17H17FN2O3.C6H6/c18-13-6-4-12(5-7-13)15-2-1-3-16(19-15)20-10-8-14(9-11-21)23-17(20)22;1-2-4-6-5-3-1/h1-7,14,21H,8-11H2;1-6H. The van der Waals surface area contributed by atoms with E-state index in [1.54, 1.807) is 30.3 Å². The molecule has 1 amide bonds. The lowest BCUT2D eigenvalue weighted by atomic mass is 10.1. The molecule has 150 valence electrons. The second-order valence-electron chi connectivity index (χ2n) is 6.50. The van der Waals surface area contributed by atoms with Crippen molar-refractivity contribution in [3.63, 3.8) is 0 Å². The summed E-state index contributed by atoms with van der Waals surface area (Å²) >= 11 is 0. The van der Waals surface area contributed by atoms with Gasteiger partial charge in [0, 0.05) is 31.6 Å². The summed E-state index contributed by atoms with van der Waals surface area (Å²) in [6, 6.07) is 23.4. The molecule has 1 fully saturated rings. The third-order valence-electron chi connectivity index (χ3n) is 4.43. The predicted molar refractivity (Wildman–Crippen MR) is 110 cm³/mol. The topological polar surface area (TPSA) is 62.7 Å². The Kier molecular flexibility index (Phi) is 7.30. The normalized spacial score (nSPS) is 15.9. The Bertz CT molecular complexity index is 877. The minimum absolute atomic E-state index is 0.00372. The number of benzene rings is 2. The summed E-state index contributed by atoms with van der Waals surface area (Å²) < 4.78 is 18.3. The second kappa shape index (κ2) is 10.3. The van der Waals surface area contributed by atoms with Gasteiger partial charge in [-0.05, 0) is 36.4 Å². The number of cyclic esters (lactones) is 1. The summed E-state index contributed by atoms with van der Waals surface area (Å²) in [4.78, 5) is 18.0. The lowest BCUT2D eigenvalue weighted by Gasteiger charge is -2.31. The maximum atomic E-state index is 13.0. The molecule has 2 heterocycles. The fourth-order valence-electron chi connectivity index (χ4n) is 2.92. The van der Waals surface area contributed by atoms with Gasteiger partial charge in [0.2, 0.25) is 0 Å². The average Bonchev–Trinajstić information content (AvgIpc) is 2.76. The highest BCUT2D eigenvalue weighted by atomic mass is 19.1. The Hall–Kier alpha value is -3.25. The first-order valence-electron chi connectivity index (χ1n) is 9.49. The molecular formula is C23H23FN2O3. The summed E-state index contributed by atoms with van der Waals surface area (Å²) in [5, 5.41) is 8.93. The van der Waals surface area contributed by atoms with Gasteiger partial charge in [-0.15, -0.1) is 0 Å². The van der Waals surface area contributed by atoms with Crippen LogP contribution in [0.15, 0.2) is 78.9 Å². The molecular weight excluding hydrogens is 371 g/mol. The number of nitrogens with zero attached hydrogens (tertiary/aromatic N) is 2. The fraction of sp³-hybridized carbons (Fsp3) is 0.217. The third kappa shape index (κ3) is 5.86. The van der Waals surface area contributed by atoms with Crippen LogP contribution in [0.1, 0.15) is 12.8 Å². The van der Waals surface area contributed by atoms with Crippen molar-refractivity contribution >= 4 is 11.9 Å². The zero-order chi connectivity index (χ0) is 20.5. The van der Waals surface area contributed by atoms with Crippen molar-refractivity contribution in [3.8, 4) is 11.3 Å². The zero-order valence-electron chi connectivity index (χ0n) is 15.9. The number of rotatable bonds is 4. The van der Waals surface area contributed by atoms with Crippen molar-refractivity contribution in [2.24, 2.45) is 0 Å². The Labute approximate surface area is 169 Å². The van der Waals surface area contributed by atoms with Crippen molar-refractivity contribution in [3.05, 3.63) is 84.7 Å². The van der Waals surface area contributed by atoms with Crippen LogP contribution in [-0.2, 0) is 4.74 Å². The Morgan fingerprint density at radius 3 is 2.24 bits per heavy atom. The largest absolute Gasteiger partial charge is 0.446 e. The van der Waals surface area contributed by atoms with E-state index in [0.717, 1.165) is 5.56 Å². The molecule has 0 aliphatic carbocycles. The van der Waals surface area contributed by atoms with Gasteiger partial charge in [0.05, 0.1) is 5.69 Å².